The molecule has 0 spiro atoms. The maximum Gasteiger partial charge on any atom is 0.246 e. The Morgan fingerprint density at radius 1 is 1.07 bits per heavy atom. The summed E-state index contributed by atoms with van der Waals surface area (Å²) in [6.07, 6.45) is 2.49. The minimum atomic E-state index is -0.445. The standard InChI is InChI=1S/C25H27N3O2/c1-3-4-13-27-15-22(29)28-21(25(27)30)14-19-18-11-7-8-12-20(18)26-23(19)24(28)17-10-6-5-9-16(17)2/h5-12,21,24,26H,3-4,13-15H2,1-2H3. The van der Waals surface area contributed by atoms with E-state index in [1.54, 1.807) is 4.90 Å². The summed E-state index contributed by atoms with van der Waals surface area (Å²) in [6.45, 7) is 5.01. The fourth-order valence-corrected chi connectivity index (χ4v) is 5.08. The number of fused-ring (bicyclic) bond motifs is 4. The molecule has 5 rings (SSSR count). The summed E-state index contributed by atoms with van der Waals surface area (Å²) in [5, 5.41) is 1.15. The average Bonchev–Trinajstić information content (AvgIpc) is 3.13. The number of benzene rings is 2. The zero-order valence-corrected chi connectivity index (χ0v) is 17.5. The first-order chi connectivity index (χ1) is 14.6. The molecule has 0 radical (unpaired) electrons. The van der Waals surface area contributed by atoms with Gasteiger partial charge in [0.1, 0.15) is 6.04 Å². The summed E-state index contributed by atoms with van der Waals surface area (Å²) >= 11 is 0. The third-order valence-electron chi connectivity index (χ3n) is 6.61. The van der Waals surface area contributed by atoms with Gasteiger partial charge < -0.3 is 14.8 Å². The van der Waals surface area contributed by atoms with E-state index in [1.807, 2.05) is 29.2 Å². The van der Waals surface area contributed by atoms with Crippen LogP contribution >= 0.6 is 0 Å². The van der Waals surface area contributed by atoms with E-state index in [0.29, 0.717) is 13.0 Å². The largest absolute Gasteiger partial charge is 0.356 e. The smallest absolute Gasteiger partial charge is 0.246 e. The number of rotatable bonds is 4. The van der Waals surface area contributed by atoms with Gasteiger partial charge in [-0.3, -0.25) is 9.59 Å². The molecule has 2 aromatic carbocycles. The zero-order chi connectivity index (χ0) is 20.8. The molecule has 5 heteroatoms. The minimum absolute atomic E-state index is 0.0354. The summed E-state index contributed by atoms with van der Waals surface area (Å²) < 4.78 is 0. The van der Waals surface area contributed by atoms with Gasteiger partial charge in [0.05, 0.1) is 12.6 Å². The van der Waals surface area contributed by atoms with E-state index in [0.717, 1.165) is 40.6 Å². The van der Waals surface area contributed by atoms with Gasteiger partial charge >= 0.3 is 0 Å². The number of H-pyrrole nitrogens is 1. The fourth-order valence-electron chi connectivity index (χ4n) is 5.08. The van der Waals surface area contributed by atoms with Crippen molar-refractivity contribution in [1.82, 2.24) is 14.8 Å². The third-order valence-corrected chi connectivity index (χ3v) is 6.61. The molecule has 1 aromatic heterocycles. The number of aromatic nitrogens is 1. The van der Waals surface area contributed by atoms with Gasteiger partial charge in [0.15, 0.2) is 0 Å². The van der Waals surface area contributed by atoms with Crippen LogP contribution < -0.4 is 0 Å². The number of nitrogens with one attached hydrogen (secondary N) is 1. The monoisotopic (exact) mass is 401 g/mol. The van der Waals surface area contributed by atoms with Crippen molar-refractivity contribution in [3.05, 3.63) is 70.9 Å². The molecule has 0 saturated carbocycles. The predicted molar refractivity (Wildman–Crippen MR) is 117 cm³/mol. The number of carbonyl (C=O) groups excluding carboxylic acids is 2. The Labute approximate surface area is 176 Å². The molecule has 0 aliphatic carbocycles. The minimum Gasteiger partial charge on any atom is -0.356 e. The molecule has 1 N–H and O–H groups in total. The number of para-hydroxylation sites is 1. The third kappa shape index (κ3) is 2.83. The van der Waals surface area contributed by atoms with E-state index in [-0.39, 0.29) is 24.4 Å². The Morgan fingerprint density at radius 3 is 2.63 bits per heavy atom. The van der Waals surface area contributed by atoms with Crippen molar-refractivity contribution in [2.45, 2.75) is 45.2 Å². The molecule has 2 atom stereocenters. The predicted octanol–water partition coefficient (Wildman–Crippen LogP) is 3.96. The number of hydrogen-bond acceptors (Lipinski definition) is 2. The lowest BCUT2D eigenvalue weighted by Crippen LogP contribution is -2.63. The SMILES string of the molecule is CCCCN1CC(=O)N2C(Cc3c([nH]c4ccccc34)C2c2ccccc2C)C1=O. The second-order valence-corrected chi connectivity index (χ2v) is 8.46. The quantitative estimate of drug-likeness (QED) is 0.719. The van der Waals surface area contributed by atoms with Crippen molar-refractivity contribution < 1.29 is 9.59 Å². The number of unbranched alkanes of at least 4 members (excludes halogenated alkanes) is 1. The summed E-state index contributed by atoms with van der Waals surface area (Å²) in [4.78, 5) is 34.1. The Morgan fingerprint density at radius 2 is 1.83 bits per heavy atom. The van der Waals surface area contributed by atoms with Gasteiger partial charge in [-0.2, -0.15) is 0 Å². The molecule has 2 unspecified atom stereocenters. The summed E-state index contributed by atoms with van der Waals surface area (Å²) in [7, 11) is 0. The van der Waals surface area contributed by atoms with Crippen molar-refractivity contribution in [2.24, 2.45) is 0 Å². The number of hydrogen-bond donors (Lipinski definition) is 1. The number of aromatic amines is 1. The maximum absolute atomic E-state index is 13.5. The Balaban J connectivity index is 1.68. The van der Waals surface area contributed by atoms with Crippen LogP contribution in [0.25, 0.3) is 10.9 Å². The first kappa shape index (κ1) is 18.9. The molecular weight excluding hydrogens is 374 g/mol. The summed E-state index contributed by atoms with van der Waals surface area (Å²) in [5.41, 5.74) is 5.48. The second kappa shape index (κ2) is 7.31. The van der Waals surface area contributed by atoms with Crippen molar-refractivity contribution in [1.29, 1.82) is 0 Å². The van der Waals surface area contributed by atoms with Crippen LogP contribution in [0.2, 0.25) is 0 Å². The molecule has 2 aliphatic rings. The summed E-state index contributed by atoms with van der Waals surface area (Å²) in [5.74, 6) is 0.117. The van der Waals surface area contributed by atoms with Crippen LogP contribution in [-0.2, 0) is 16.0 Å². The highest BCUT2D eigenvalue weighted by molar-refractivity contribution is 5.97. The Bertz CT molecular complexity index is 1130. The van der Waals surface area contributed by atoms with Gasteiger partial charge in [0.2, 0.25) is 11.8 Å². The number of piperazine rings is 1. The second-order valence-electron chi connectivity index (χ2n) is 8.46. The molecule has 1 fully saturated rings. The first-order valence-corrected chi connectivity index (χ1v) is 10.8. The lowest BCUT2D eigenvalue weighted by Gasteiger charge is -2.47. The van der Waals surface area contributed by atoms with Gasteiger partial charge in [0.25, 0.3) is 0 Å². The highest BCUT2D eigenvalue weighted by Gasteiger charge is 2.48. The number of carbonyl (C=O) groups is 2. The van der Waals surface area contributed by atoms with E-state index in [4.69, 9.17) is 0 Å². The van der Waals surface area contributed by atoms with E-state index >= 15 is 0 Å². The van der Waals surface area contributed by atoms with E-state index < -0.39 is 6.04 Å². The number of amides is 2. The van der Waals surface area contributed by atoms with Crippen LogP contribution in [-0.4, -0.2) is 45.7 Å². The van der Waals surface area contributed by atoms with Crippen molar-refractivity contribution in [3.63, 3.8) is 0 Å². The van der Waals surface area contributed by atoms with Crippen LogP contribution in [0.3, 0.4) is 0 Å². The highest BCUT2D eigenvalue weighted by atomic mass is 16.2. The van der Waals surface area contributed by atoms with Crippen LogP contribution in [0.1, 0.15) is 48.2 Å². The Hall–Kier alpha value is -3.08. The molecule has 1 saturated heterocycles. The zero-order valence-electron chi connectivity index (χ0n) is 17.5. The lowest BCUT2D eigenvalue weighted by molar-refractivity contribution is -0.158. The molecule has 154 valence electrons. The molecule has 2 amide bonds. The topological polar surface area (TPSA) is 56.4 Å². The van der Waals surface area contributed by atoms with Crippen LogP contribution in [0.15, 0.2) is 48.5 Å². The normalized spacial score (nSPS) is 21.1. The molecule has 0 bridgehead atoms. The van der Waals surface area contributed by atoms with Gasteiger partial charge in [-0.25, -0.2) is 0 Å². The molecule has 3 heterocycles. The van der Waals surface area contributed by atoms with Gasteiger partial charge in [-0.1, -0.05) is 55.8 Å². The van der Waals surface area contributed by atoms with Crippen molar-refractivity contribution in [2.75, 3.05) is 13.1 Å². The summed E-state index contributed by atoms with van der Waals surface area (Å²) in [6, 6.07) is 15.7. The molecule has 3 aromatic rings. The van der Waals surface area contributed by atoms with E-state index in [9.17, 15) is 9.59 Å². The molecule has 2 aliphatic heterocycles. The Kier molecular flexibility index (Phi) is 4.61. The first-order valence-electron chi connectivity index (χ1n) is 10.8. The fraction of sp³-hybridized carbons (Fsp3) is 0.360. The van der Waals surface area contributed by atoms with E-state index in [2.05, 4.69) is 43.1 Å². The van der Waals surface area contributed by atoms with Gasteiger partial charge in [0, 0.05) is 29.6 Å². The number of aryl methyl sites for hydroxylation is 1. The van der Waals surface area contributed by atoms with Crippen LogP contribution in [0.5, 0.6) is 0 Å². The molecule has 30 heavy (non-hydrogen) atoms. The van der Waals surface area contributed by atoms with Gasteiger partial charge in [-0.05, 0) is 36.1 Å². The number of nitrogens with zero attached hydrogens (tertiary/aromatic N) is 2. The molecular formula is C25H27N3O2. The van der Waals surface area contributed by atoms with E-state index in [1.165, 1.54) is 5.56 Å². The van der Waals surface area contributed by atoms with Gasteiger partial charge in [-0.15, -0.1) is 0 Å². The lowest BCUT2D eigenvalue weighted by atomic mass is 9.85. The van der Waals surface area contributed by atoms with Crippen molar-refractivity contribution >= 4 is 22.7 Å². The molecule has 5 nitrogen and oxygen atoms in total. The van der Waals surface area contributed by atoms with Crippen molar-refractivity contribution in [3.8, 4) is 0 Å². The van der Waals surface area contributed by atoms with Crippen LogP contribution in [0.4, 0.5) is 0 Å². The maximum atomic E-state index is 13.5. The average molecular weight is 402 g/mol. The highest BCUT2D eigenvalue weighted by Crippen LogP contribution is 2.43. The van der Waals surface area contributed by atoms with Crippen LogP contribution in [0, 0.1) is 6.92 Å².